The fourth-order valence-electron chi connectivity index (χ4n) is 2.06. The van der Waals surface area contributed by atoms with Crippen LogP contribution in [0.4, 0.5) is 0 Å². The number of thiazole rings is 1. The van der Waals surface area contributed by atoms with Gasteiger partial charge in [0.25, 0.3) is 0 Å². The highest BCUT2D eigenvalue weighted by molar-refractivity contribution is 14.0. The maximum absolute atomic E-state index is 5.68. The lowest BCUT2D eigenvalue weighted by Crippen LogP contribution is -2.36. The summed E-state index contributed by atoms with van der Waals surface area (Å²) in [5.74, 6) is 1.40. The van der Waals surface area contributed by atoms with Crippen molar-refractivity contribution >= 4 is 41.3 Å². The van der Waals surface area contributed by atoms with Gasteiger partial charge in [-0.15, -0.1) is 35.3 Å². The van der Waals surface area contributed by atoms with Gasteiger partial charge in [0, 0.05) is 30.2 Å². The second-order valence-electron chi connectivity index (χ2n) is 5.34. The molecule has 0 aliphatic heterocycles. The van der Waals surface area contributed by atoms with Gasteiger partial charge in [0.05, 0.1) is 18.8 Å². The first-order chi connectivity index (χ1) is 11.6. The highest BCUT2D eigenvalue weighted by Gasteiger charge is 2.07. The number of nitrogens with zero attached hydrogens (tertiary/aromatic N) is 3. The molecule has 2 rings (SSSR count). The minimum atomic E-state index is 0. The zero-order valence-electron chi connectivity index (χ0n) is 15.1. The Balaban J connectivity index is 0.00000312. The largest absolute Gasteiger partial charge is 0.477 e. The van der Waals surface area contributed by atoms with Gasteiger partial charge in [0.15, 0.2) is 5.96 Å². The van der Waals surface area contributed by atoms with Crippen molar-refractivity contribution < 1.29 is 4.74 Å². The monoisotopic (exact) mass is 475 g/mol. The van der Waals surface area contributed by atoms with Crippen LogP contribution in [-0.2, 0) is 13.1 Å². The Hall–Kier alpha value is -1.42. The van der Waals surface area contributed by atoms with E-state index in [0.717, 1.165) is 28.6 Å². The maximum Gasteiger partial charge on any atom is 0.218 e. The number of aryl methyl sites for hydroxylation is 2. The first-order valence-electron chi connectivity index (χ1n) is 8.08. The zero-order chi connectivity index (χ0) is 17.4. The molecule has 0 aliphatic rings. The lowest BCUT2D eigenvalue weighted by atomic mass is 10.2. The summed E-state index contributed by atoms with van der Waals surface area (Å²) in [6, 6.07) is 3.92. The molecule has 0 amide bonds. The second kappa shape index (κ2) is 11.2. The molecule has 0 aliphatic carbocycles. The highest BCUT2D eigenvalue weighted by Crippen LogP contribution is 2.16. The number of rotatable bonds is 7. The van der Waals surface area contributed by atoms with Gasteiger partial charge in [-0.3, -0.25) is 4.99 Å². The van der Waals surface area contributed by atoms with Crippen molar-refractivity contribution in [2.75, 3.05) is 13.7 Å². The number of hydrogen-bond donors (Lipinski definition) is 2. The maximum atomic E-state index is 5.68. The van der Waals surface area contributed by atoms with E-state index in [2.05, 4.69) is 39.4 Å². The molecule has 0 bridgehead atoms. The van der Waals surface area contributed by atoms with Crippen LogP contribution in [0.1, 0.15) is 34.5 Å². The molecule has 0 radical (unpaired) electrons. The summed E-state index contributed by atoms with van der Waals surface area (Å²) in [7, 11) is 1.76. The van der Waals surface area contributed by atoms with Gasteiger partial charge in [-0.25, -0.2) is 9.97 Å². The van der Waals surface area contributed by atoms with E-state index in [9.17, 15) is 0 Å². The SMILES string of the molecule is CCCOc1ncccc1CNC(=NC)NCc1nc(C)c(C)s1.I. The van der Waals surface area contributed by atoms with E-state index in [1.54, 1.807) is 24.6 Å². The van der Waals surface area contributed by atoms with Crippen LogP contribution >= 0.6 is 35.3 Å². The number of ether oxygens (including phenoxy) is 1. The van der Waals surface area contributed by atoms with E-state index in [-0.39, 0.29) is 24.0 Å². The molecule has 2 aromatic rings. The Kier molecular flexibility index (Phi) is 9.73. The van der Waals surface area contributed by atoms with Gasteiger partial charge < -0.3 is 15.4 Å². The third-order valence-corrected chi connectivity index (χ3v) is 4.52. The first-order valence-corrected chi connectivity index (χ1v) is 8.89. The predicted octanol–water partition coefficient (Wildman–Crippen LogP) is 3.43. The summed E-state index contributed by atoms with van der Waals surface area (Å²) in [6.07, 6.45) is 2.70. The van der Waals surface area contributed by atoms with Crippen LogP contribution < -0.4 is 15.4 Å². The molecule has 2 aromatic heterocycles. The summed E-state index contributed by atoms with van der Waals surface area (Å²) in [5.41, 5.74) is 2.10. The number of halogens is 1. The predicted molar refractivity (Wildman–Crippen MR) is 114 cm³/mol. The Labute approximate surface area is 170 Å². The molecule has 0 atom stereocenters. The molecule has 0 saturated carbocycles. The number of pyridine rings is 1. The van der Waals surface area contributed by atoms with E-state index >= 15 is 0 Å². The van der Waals surface area contributed by atoms with Crippen molar-refractivity contribution in [3.05, 3.63) is 39.5 Å². The summed E-state index contributed by atoms with van der Waals surface area (Å²) >= 11 is 1.71. The number of aliphatic imine (C=N–C) groups is 1. The van der Waals surface area contributed by atoms with Crippen LogP contribution in [0.25, 0.3) is 0 Å². The van der Waals surface area contributed by atoms with Crippen molar-refractivity contribution in [1.29, 1.82) is 0 Å². The van der Waals surface area contributed by atoms with Crippen LogP contribution in [0.2, 0.25) is 0 Å². The van der Waals surface area contributed by atoms with Gasteiger partial charge in [0.2, 0.25) is 5.88 Å². The standard InChI is InChI=1S/C17H25N5OS.HI/c1-5-9-23-16-14(7-6-8-19-16)10-20-17(18-4)21-11-15-22-12(2)13(3)24-15;/h6-8H,5,9-11H2,1-4H3,(H2,18,20,21);1H. The van der Waals surface area contributed by atoms with Gasteiger partial charge in [-0.05, 0) is 26.3 Å². The van der Waals surface area contributed by atoms with Crippen molar-refractivity contribution in [1.82, 2.24) is 20.6 Å². The fourth-order valence-corrected chi connectivity index (χ4v) is 2.93. The zero-order valence-corrected chi connectivity index (χ0v) is 18.3. The van der Waals surface area contributed by atoms with Crippen molar-refractivity contribution in [2.45, 2.75) is 40.3 Å². The molecular formula is C17H26IN5OS. The molecule has 2 N–H and O–H groups in total. The summed E-state index contributed by atoms with van der Waals surface area (Å²) in [5, 5.41) is 7.63. The molecule has 0 fully saturated rings. The van der Waals surface area contributed by atoms with E-state index in [0.29, 0.717) is 25.6 Å². The minimum absolute atomic E-state index is 0. The molecule has 0 aromatic carbocycles. The number of guanidine groups is 1. The second-order valence-corrected chi connectivity index (χ2v) is 6.63. The van der Waals surface area contributed by atoms with E-state index in [4.69, 9.17) is 4.74 Å². The van der Waals surface area contributed by atoms with Gasteiger partial charge in [-0.2, -0.15) is 0 Å². The van der Waals surface area contributed by atoms with E-state index in [1.165, 1.54) is 4.88 Å². The summed E-state index contributed by atoms with van der Waals surface area (Å²) in [6.45, 7) is 8.12. The van der Waals surface area contributed by atoms with Gasteiger partial charge in [-0.1, -0.05) is 13.0 Å². The number of nitrogens with one attached hydrogen (secondary N) is 2. The van der Waals surface area contributed by atoms with Crippen molar-refractivity contribution in [3.8, 4) is 5.88 Å². The molecule has 138 valence electrons. The highest BCUT2D eigenvalue weighted by atomic mass is 127. The Morgan fingerprint density at radius 3 is 2.68 bits per heavy atom. The van der Waals surface area contributed by atoms with Crippen LogP contribution in [0.5, 0.6) is 5.88 Å². The fraction of sp³-hybridized carbons (Fsp3) is 0.471. The Bertz CT molecular complexity index is 670. The van der Waals surface area contributed by atoms with Crippen molar-refractivity contribution in [2.24, 2.45) is 4.99 Å². The quantitative estimate of drug-likeness (QED) is 0.365. The Morgan fingerprint density at radius 2 is 2.04 bits per heavy atom. The number of hydrogen-bond acceptors (Lipinski definition) is 5. The molecule has 25 heavy (non-hydrogen) atoms. The lowest BCUT2D eigenvalue weighted by Gasteiger charge is -2.13. The van der Waals surface area contributed by atoms with E-state index < -0.39 is 0 Å². The smallest absolute Gasteiger partial charge is 0.218 e. The normalized spacial score (nSPS) is 11.0. The Morgan fingerprint density at radius 1 is 1.28 bits per heavy atom. The lowest BCUT2D eigenvalue weighted by molar-refractivity contribution is 0.301. The van der Waals surface area contributed by atoms with Crippen LogP contribution in [0, 0.1) is 13.8 Å². The molecular weight excluding hydrogens is 449 g/mol. The summed E-state index contributed by atoms with van der Waals surface area (Å²) in [4.78, 5) is 14.3. The van der Waals surface area contributed by atoms with Crippen molar-refractivity contribution in [3.63, 3.8) is 0 Å². The van der Waals surface area contributed by atoms with Gasteiger partial charge in [0.1, 0.15) is 5.01 Å². The average molecular weight is 475 g/mol. The third kappa shape index (κ3) is 6.77. The average Bonchev–Trinajstić information content (AvgIpc) is 2.92. The summed E-state index contributed by atoms with van der Waals surface area (Å²) < 4.78 is 5.68. The molecule has 8 heteroatoms. The number of aromatic nitrogens is 2. The topological polar surface area (TPSA) is 71.4 Å². The van der Waals surface area contributed by atoms with Crippen LogP contribution in [-0.4, -0.2) is 29.6 Å². The van der Waals surface area contributed by atoms with Crippen LogP contribution in [0.3, 0.4) is 0 Å². The molecule has 0 saturated heterocycles. The van der Waals surface area contributed by atoms with Gasteiger partial charge >= 0.3 is 0 Å². The first kappa shape index (κ1) is 21.6. The molecule has 0 spiro atoms. The molecule has 2 heterocycles. The minimum Gasteiger partial charge on any atom is -0.477 e. The molecule has 6 nitrogen and oxygen atoms in total. The van der Waals surface area contributed by atoms with Crippen LogP contribution in [0.15, 0.2) is 23.3 Å². The van der Waals surface area contributed by atoms with E-state index in [1.807, 2.05) is 19.1 Å². The third-order valence-electron chi connectivity index (χ3n) is 3.44. The molecule has 0 unspecified atom stereocenters.